The van der Waals surface area contributed by atoms with Crippen LogP contribution in [-0.4, -0.2) is 50.7 Å². The van der Waals surface area contributed by atoms with Crippen molar-refractivity contribution in [3.8, 4) is 11.5 Å². The maximum Gasteiger partial charge on any atom is 0.260 e. The molecule has 0 unspecified atom stereocenters. The molecule has 2 aromatic rings. The number of aryl methyl sites for hydroxylation is 1. The zero-order valence-corrected chi connectivity index (χ0v) is 15.5. The molecular weight excluding hydrogens is 328 g/mol. The van der Waals surface area contributed by atoms with Crippen molar-refractivity contribution in [1.82, 2.24) is 4.90 Å². The lowest BCUT2D eigenvalue weighted by Crippen LogP contribution is -3.13. The number of hydrogen-bond acceptors (Lipinski definition) is 3. The molecule has 26 heavy (non-hydrogen) atoms. The molecule has 0 aromatic heterocycles. The normalized spacial score (nSPS) is 14.9. The summed E-state index contributed by atoms with van der Waals surface area (Å²) in [4.78, 5) is 15.8. The van der Waals surface area contributed by atoms with Gasteiger partial charge in [0.2, 0.25) is 0 Å². The fourth-order valence-corrected chi connectivity index (χ4v) is 3.24. The van der Waals surface area contributed by atoms with E-state index in [9.17, 15) is 4.79 Å². The van der Waals surface area contributed by atoms with Gasteiger partial charge in [0.05, 0.1) is 33.3 Å². The summed E-state index contributed by atoms with van der Waals surface area (Å²) in [5, 5.41) is 0. The van der Waals surface area contributed by atoms with Gasteiger partial charge < -0.3 is 19.3 Å². The molecule has 1 heterocycles. The van der Waals surface area contributed by atoms with E-state index in [4.69, 9.17) is 9.47 Å². The number of rotatable bonds is 6. The maximum atomic E-state index is 12.4. The molecule has 2 aromatic carbocycles. The van der Waals surface area contributed by atoms with Crippen LogP contribution in [0.1, 0.15) is 11.1 Å². The minimum atomic E-state index is 0.0516. The summed E-state index contributed by atoms with van der Waals surface area (Å²) < 4.78 is 10.7. The Morgan fingerprint density at radius 1 is 1.04 bits per heavy atom. The van der Waals surface area contributed by atoms with Crippen LogP contribution in [0.15, 0.2) is 48.5 Å². The fraction of sp³-hybridized carbons (Fsp3) is 0.381. The number of carbonyl (C=O) groups excluding carboxylic acids is 1. The van der Waals surface area contributed by atoms with Crippen LogP contribution in [0.2, 0.25) is 0 Å². The Hall–Kier alpha value is -2.53. The van der Waals surface area contributed by atoms with E-state index in [-0.39, 0.29) is 12.5 Å². The predicted molar refractivity (Wildman–Crippen MR) is 101 cm³/mol. The average molecular weight is 355 g/mol. The van der Waals surface area contributed by atoms with Crippen molar-refractivity contribution < 1.29 is 19.2 Å². The van der Waals surface area contributed by atoms with E-state index in [2.05, 4.69) is 31.2 Å². The Bertz CT molecular complexity index is 722. The van der Waals surface area contributed by atoms with Crippen LogP contribution < -0.4 is 14.4 Å². The molecule has 3 rings (SSSR count). The number of amides is 1. The Balaban J connectivity index is 1.43. The van der Waals surface area contributed by atoms with Gasteiger partial charge in [0, 0.05) is 5.56 Å². The Morgan fingerprint density at radius 3 is 2.35 bits per heavy atom. The molecule has 0 atom stereocenters. The monoisotopic (exact) mass is 355 g/mol. The van der Waals surface area contributed by atoms with E-state index >= 15 is 0 Å². The van der Waals surface area contributed by atoms with Gasteiger partial charge >= 0.3 is 0 Å². The Morgan fingerprint density at radius 2 is 1.69 bits per heavy atom. The smallest absolute Gasteiger partial charge is 0.260 e. The van der Waals surface area contributed by atoms with Gasteiger partial charge in [-0.2, -0.15) is 0 Å². The SMILES string of the molecule is COc1ccc(OCC(=O)N2CC[NH+](Cc3ccccc3C)CC2)cc1. The Kier molecular flexibility index (Phi) is 6.12. The van der Waals surface area contributed by atoms with Gasteiger partial charge in [-0.15, -0.1) is 0 Å². The number of benzene rings is 2. The highest BCUT2D eigenvalue weighted by molar-refractivity contribution is 5.77. The fourth-order valence-electron chi connectivity index (χ4n) is 3.24. The molecule has 0 spiro atoms. The quantitative estimate of drug-likeness (QED) is 0.850. The zero-order valence-electron chi connectivity index (χ0n) is 15.5. The molecule has 0 saturated carbocycles. The minimum Gasteiger partial charge on any atom is -0.497 e. The van der Waals surface area contributed by atoms with Crippen LogP contribution in [0, 0.1) is 6.92 Å². The van der Waals surface area contributed by atoms with Crippen LogP contribution in [0.4, 0.5) is 0 Å². The first-order chi connectivity index (χ1) is 12.7. The predicted octanol–water partition coefficient (Wildman–Crippen LogP) is 1.31. The van der Waals surface area contributed by atoms with Crippen molar-refractivity contribution in [2.75, 3.05) is 39.9 Å². The minimum absolute atomic E-state index is 0.0516. The van der Waals surface area contributed by atoms with Gasteiger partial charge in [0.1, 0.15) is 18.0 Å². The highest BCUT2D eigenvalue weighted by Gasteiger charge is 2.24. The third kappa shape index (κ3) is 4.76. The number of nitrogens with zero attached hydrogens (tertiary/aromatic N) is 1. The van der Waals surface area contributed by atoms with Gasteiger partial charge in [-0.05, 0) is 36.8 Å². The highest BCUT2D eigenvalue weighted by Crippen LogP contribution is 2.17. The van der Waals surface area contributed by atoms with Gasteiger partial charge in [0.25, 0.3) is 5.91 Å². The summed E-state index contributed by atoms with van der Waals surface area (Å²) in [6.07, 6.45) is 0. The van der Waals surface area contributed by atoms with Crippen molar-refractivity contribution in [1.29, 1.82) is 0 Å². The van der Waals surface area contributed by atoms with E-state index in [1.165, 1.54) is 16.0 Å². The maximum absolute atomic E-state index is 12.4. The van der Waals surface area contributed by atoms with E-state index in [0.29, 0.717) is 5.75 Å². The average Bonchev–Trinajstić information content (AvgIpc) is 2.69. The molecule has 1 saturated heterocycles. The molecule has 1 fully saturated rings. The zero-order chi connectivity index (χ0) is 18.4. The number of hydrogen-bond donors (Lipinski definition) is 1. The van der Waals surface area contributed by atoms with Gasteiger partial charge in [-0.1, -0.05) is 24.3 Å². The first kappa shape index (κ1) is 18.3. The molecular formula is C21H27N2O3+. The Labute approximate surface area is 155 Å². The van der Waals surface area contributed by atoms with Crippen LogP contribution >= 0.6 is 0 Å². The lowest BCUT2D eigenvalue weighted by Gasteiger charge is -2.32. The third-order valence-electron chi connectivity index (χ3n) is 4.95. The molecule has 1 aliphatic heterocycles. The second kappa shape index (κ2) is 8.72. The molecule has 0 radical (unpaired) electrons. The lowest BCUT2D eigenvalue weighted by atomic mass is 10.1. The van der Waals surface area contributed by atoms with E-state index < -0.39 is 0 Å². The highest BCUT2D eigenvalue weighted by atomic mass is 16.5. The molecule has 0 bridgehead atoms. The number of carbonyl (C=O) groups is 1. The second-order valence-corrected chi connectivity index (χ2v) is 6.70. The molecule has 1 aliphatic rings. The van der Waals surface area contributed by atoms with Crippen molar-refractivity contribution in [3.63, 3.8) is 0 Å². The number of quaternary nitrogens is 1. The van der Waals surface area contributed by atoms with E-state index in [1.54, 1.807) is 7.11 Å². The largest absolute Gasteiger partial charge is 0.497 e. The van der Waals surface area contributed by atoms with Crippen molar-refractivity contribution in [2.24, 2.45) is 0 Å². The van der Waals surface area contributed by atoms with E-state index in [1.807, 2.05) is 29.2 Å². The van der Waals surface area contributed by atoms with Gasteiger partial charge in [-0.25, -0.2) is 0 Å². The standard InChI is InChI=1S/C21H26N2O3/c1-17-5-3-4-6-18(17)15-22-11-13-23(14-12-22)21(24)16-26-20-9-7-19(25-2)8-10-20/h3-10H,11-16H2,1-2H3/p+1. The van der Waals surface area contributed by atoms with Crippen molar-refractivity contribution >= 4 is 5.91 Å². The summed E-state index contributed by atoms with van der Waals surface area (Å²) in [5.74, 6) is 1.51. The summed E-state index contributed by atoms with van der Waals surface area (Å²) >= 11 is 0. The van der Waals surface area contributed by atoms with Gasteiger partial charge in [-0.3, -0.25) is 4.79 Å². The first-order valence-corrected chi connectivity index (χ1v) is 9.08. The van der Waals surface area contributed by atoms with Crippen molar-refractivity contribution in [2.45, 2.75) is 13.5 Å². The van der Waals surface area contributed by atoms with Crippen LogP contribution in [0.25, 0.3) is 0 Å². The van der Waals surface area contributed by atoms with Gasteiger partial charge in [0.15, 0.2) is 6.61 Å². The lowest BCUT2D eigenvalue weighted by molar-refractivity contribution is -0.917. The molecule has 1 N–H and O–H groups in total. The summed E-state index contributed by atoms with van der Waals surface area (Å²) in [5.41, 5.74) is 2.73. The van der Waals surface area contributed by atoms with Crippen LogP contribution in [0.5, 0.6) is 11.5 Å². The molecule has 5 heteroatoms. The topological polar surface area (TPSA) is 43.2 Å². The molecule has 0 aliphatic carbocycles. The number of ether oxygens (including phenoxy) is 2. The third-order valence-corrected chi connectivity index (χ3v) is 4.95. The summed E-state index contributed by atoms with van der Waals surface area (Å²) in [7, 11) is 1.63. The number of piperazine rings is 1. The summed E-state index contributed by atoms with van der Waals surface area (Å²) in [6, 6.07) is 15.8. The van der Waals surface area contributed by atoms with Crippen LogP contribution in [-0.2, 0) is 11.3 Å². The first-order valence-electron chi connectivity index (χ1n) is 9.08. The van der Waals surface area contributed by atoms with Crippen LogP contribution in [0.3, 0.4) is 0 Å². The summed E-state index contributed by atoms with van der Waals surface area (Å²) in [6.45, 7) is 6.78. The number of methoxy groups -OCH3 is 1. The molecule has 1 amide bonds. The number of nitrogens with one attached hydrogen (secondary N) is 1. The molecule has 138 valence electrons. The van der Waals surface area contributed by atoms with Crippen molar-refractivity contribution in [3.05, 3.63) is 59.7 Å². The molecule has 5 nitrogen and oxygen atoms in total. The van der Waals surface area contributed by atoms with E-state index in [0.717, 1.165) is 38.5 Å². The second-order valence-electron chi connectivity index (χ2n) is 6.70.